The van der Waals surface area contributed by atoms with Crippen molar-refractivity contribution in [2.45, 2.75) is 19.8 Å². The van der Waals surface area contributed by atoms with E-state index in [9.17, 15) is 18.5 Å². The van der Waals surface area contributed by atoms with Crippen molar-refractivity contribution >= 4 is 21.6 Å². The van der Waals surface area contributed by atoms with Crippen molar-refractivity contribution < 1.29 is 17.5 Å². The van der Waals surface area contributed by atoms with Gasteiger partial charge in [0.15, 0.2) is 0 Å². The summed E-state index contributed by atoms with van der Waals surface area (Å²) in [6.45, 7) is 1.63. The fourth-order valence-corrected chi connectivity index (χ4v) is 3.22. The smallest absolute Gasteiger partial charge is 0.390 e. The summed E-state index contributed by atoms with van der Waals surface area (Å²) in [5, 5.41) is 10.5. The molecule has 0 amide bonds. The van der Waals surface area contributed by atoms with Crippen LogP contribution in [0.15, 0.2) is 29.5 Å². The normalized spacial score (nSPS) is 15.3. The lowest BCUT2D eigenvalue weighted by Gasteiger charge is -2.15. The third-order valence-corrected chi connectivity index (χ3v) is 4.38. The maximum Gasteiger partial charge on any atom is 0.468 e. The summed E-state index contributed by atoms with van der Waals surface area (Å²) in [6, 6.07) is 0. The molecule has 112 valence electrons. The summed E-state index contributed by atoms with van der Waals surface area (Å²) in [5.41, 5.74) is 0.805. The quantitative estimate of drug-likeness (QED) is 0.463. The molecule has 0 unspecified atom stereocenters. The van der Waals surface area contributed by atoms with Crippen LogP contribution in [0, 0.1) is 10.1 Å². The van der Waals surface area contributed by atoms with E-state index >= 15 is 0 Å². The first kappa shape index (κ1) is 15.3. The molecule has 0 saturated carbocycles. The van der Waals surface area contributed by atoms with E-state index in [0.29, 0.717) is 24.0 Å². The molecule has 0 spiro atoms. The molecule has 0 aliphatic heterocycles. The summed E-state index contributed by atoms with van der Waals surface area (Å²) in [7, 11) is -3.82. The average Bonchev–Trinajstić information content (AvgIpc) is 2.47. The van der Waals surface area contributed by atoms with Crippen molar-refractivity contribution in [3.05, 3.63) is 45.1 Å². The van der Waals surface area contributed by atoms with E-state index < -0.39 is 21.0 Å². The first-order chi connectivity index (χ1) is 9.95. The molecule has 1 heterocycles. The molecule has 0 radical (unpaired) electrons. The molecule has 9 heteroatoms. The Labute approximate surface area is 121 Å². The van der Waals surface area contributed by atoms with E-state index in [-0.39, 0.29) is 11.5 Å². The van der Waals surface area contributed by atoms with Crippen LogP contribution >= 0.6 is 0 Å². The van der Waals surface area contributed by atoms with Crippen molar-refractivity contribution in [3.63, 3.8) is 0 Å². The van der Waals surface area contributed by atoms with E-state index in [4.69, 9.17) is 4.18 Å². The van der Waals surface area contributed by atoms with Gasteiger partial charge in [0.25, 0.3) is 10.1 Å². The summed E-state index contributed by atoms with van der Waals surface area (Å²) in [5.74, 6) is -0.534. The molecule has 2 rings (SSSR count). The number of nitrogens with zero attached hydrogens (tertiary/aromatic N) is 3. The maximum atomic E-state index is 12.1. The maximum absolute atomic E-state index is 12.1. The van der Waals surface area contributed by atoms with Crippen molar-refractivity contribution in [2.75, 3.05) is 6.61 Å². The first-order valence-electron chi connectivity index (χ1n) is 6.21. The fraction of sp³-hybridized carbons (Fsp3) is 0.333. The highest BCUT2D eigenvalue weighted by atomic mass is 32.2. The van der Waals surface area contributed by atoms with Gasteiger partial charge < -0.3 is 10.1 Å². The van der Waals surface area contributed by atoms with Crippen LogP contribution in [-0.2, 0) is 14.3 Å². The van der Waals surface area contributed by atoms with Crippen LogP contribution in [0.3, 0.4) is 0 Å². The van der Waals surface area contributed by atoms with E-state index in [0.717, 1.165) is 0 Å². The Morgan fingerprint density at radius 1 is 1.38 bits per heavy atom. The lowest BCUT2D eigenvalue weighted by Crippen LogP contribution is -2.12. The van der Waals surface area contributed by atoms with Gasteiger partial charge in [-0.3, -0.25) is 4.18 Å². The molecule has 1 aromatic heterocycles. The Morgan fingerprint density at radius 3 is 2.62 bits per heavy atom. The molecule has 8 nitrogen and oxygen atoms in total. The first-order valence-corrected chi connectivity index (χ1v) is 7.62. The van der Waals surface area contributed by atoms with E-state index in [1.165, 1.54) is 12.4 Å². The molecule has 1 aromatic rings. The third-order valence-electron chi connectivity index (χ3n) is 2.81. The zero-order chi connectivity index (χ0) is 15.5. The van der Waals surface area contributed by atoms with E-state index in [1.54, 1.807) is 13.0 Å². The largest absolute Gasteiger partial charge is 0.468 e. The molecule has 0 atom stereocenters. The summed E-state index contributed by atoms with van der Waals surface area (Å²) < 4.78 is 29.0. The van der Waals surface area contributed by atoms with Crippen LogP contribution in [0.25, 0.3) is 5.57 Å². The average molecular weight is 311 g/mol. The van der Waals surface area contributed by atoms with Crippen molar-refractivity contribution in [1.82, 2.24) is 9.97 Å². The molecular formula is C12H13N3O5S. The van der Waals surface area contributed by atoms with Gasteiger partial charge in [-0.25, -0.2) is 0 Å². The van der Waals surface area contributed by atoms with Crippen molar-refractivity contribution in [1.29, 1.82) is 0 Å². The van der Waals surface area contributed by atoms with Gasteiger partial charge in [0, 0.05) is 5.57 Å². The zero-order valence-corrected chi connectivity index (χ0v) is 12.0. The lowest BCUT2D eigenvalue weighted by atomic mass is 10.0. The topological polar surface area (TPSA) is 112 Å². The molecule has 0 bridgehead atoms. The Hall–Kier alpha value is -2.13. The lowest BCUT2D eigenvalue weighted by molar-refractivity contribution is -0.394. The molecule has 1 aliphatic carbocycles. The second kappa shape index (κ2) is 6.10. The van der Waals surface area contributed by atoms with Gasteiger partial charge >= 0.3 is 5.95 Å². The molecule has 0 N–H and O–H groups in total. The summed E-state index contributed by atoms with van der Waals surface area (Å²) in [4.78, 5) is 17.2. The van der Waals surface area contributed by atoms with Crippen LogP contribution in [0.2, 0.25) is 0 Å². The number of aromatic nitrogens is 2. The van der Waals surface area contributed by atoms with Gasteiger partial charge in [0.1, 0.15) is 12.4 Å². The van der Waals surface area contributed by atoms with Crippen LogP contribution in [0.5, 0.6) is 0 Å². The zero-order valence-electron chi connectivity index (χ0n) is 11.2. The van der Waals surface area contributed by atoms with Crippen LogP contribution < -0.4 is 0 Å². The molecule has 0 fully saturated rings. The summed E-state index contributed by atoms with van der Waals surface area (Å²) >= 11 is 0. The minimum Gasteiger partial charge on any atom is -0.390 e. The second-order valence-corrected chi connectivity index (χ2v) is 5.80. The highest BCUT2D eigenvalue weighted by molar-refractivity contribution is 7.90. The molecule has 0 saturated heterocycles. The number of nitro groups is 1. The molecule has 21 heavy (non-hydrogen) atoms. The highest BCUT2D eigenvalue weighted by Gasteiger charge is 2.25. The number of hydrogen-bond acceptors (Lipinski definition) is 7. The van der Waals surface area contributed by atoms with Gasteiger partial charge in [-0.2, -0.15) is 8.42 Å². The van der Waals surface area contributed by atoms with Crippen LogP contribution in [-0.4, -0.2) is 29.9 Å². The Bertz CT molecular complexity index is 707. The second-order valence-electron chi connectivity index (χ2n) is 4.17. The van der Waals surface area contributed by atoms with E-state index in [2.05, 4.69) is 9.97 Å². The SMILES string of the molecule is CCOS(=O)(=O)C1=C(c2cnc([N+](=O)[O-])nc2)C=CCC1. The fourth-order valence-electron chi connectivity index (χ4n) is 1.94. The van der Waals surface area contributed by atoms with Crippen LogP contribution in [0.1, 0.15) is 25.3 Å². The van der Waals surface area contributed by atoms with Gasteiger partial charge in [0.2, 0.25) is 0 Å². The van der Waals surface area contributed by atoms with Crippen molar-refractivity contribution in [3.8, 4) is 0 Å². The minimum atomic E-state index is -3.82. The number of rotatable bonds is 5. The predicted molar refractivity (Wildman–Crippen MR) is 74.5 cm³/mol. The number of allylic oxidation sites excluding steroid dienone is 4. The third kappa shape index (κ3) is 3.31. The Morgan fingerprint density at radius 2 is 2.05 bits per heavy atom. The van der Waals surface area contributed by atoms with Crippen molar-refractivity contribution in [2.24, 2.45) is 0 Å². The Kier molecular flexibility index (Phi) is 4.43. The Balaban J connectivity index is 2.49. The molecule has 0 aromatic carbocycles. The number of hydrogen-bond donors (Lipinski definition) is 0. The van der Waals surface area contributed by atoms with Gasteiger partial charge in [-0.1, -0.05) is 22.1 Å². The van der Waals surface area contributed by atoms with Gasteiger partial charge in [0.05, 0.1) is 17.1 Å². The standard InChI is InChI=1S/C12H13N3O5S/c1-2-20-21(18,19)11-6-4-3-5-10(11)9-7-13-12(14-8-9)15(16)17/h3,5,7-8H,2,4,6H2,1H3. The molecular weight excluding hydrogens is 298 g/mol. The minimum absolute atomic E-state index is 0.0413. The van der Waals surface area contributed by atoms with Gasteiger partial charge in [-0.15, -0.1) is 0 Å². The van der Waals surface area contributed by atoms with Crippen LogP contribution in [0.4, 0.5) is 5.95 Å². The predicted octanol–water partition coefficient (Wildman–Crippen LogP) is 1.81. The molecule has 1 aliphatic rings. The highest BCUT2D eigenvalue weighted by Crippen LogP contribution is 2.31. The van der Waals surface area contributed by atoms with E-state index in [1.807, 2.05) is 6.08 Å². The summed E-state index contributed by atoms with van der Waals surface area (Å²) in [6.07, 6.45) is 6.82. The monoisotopic (exact) mass is 311 g/mol. The van der Waals surface area contributed by atoms with Gasteiger partial charge in [-0.05, 0) is 24.7 Å².